The first-order chi connectivity index (χ1) is 14.1. The summed E-state index contributed by atoms with van der Waals surface area (Å²) >= 11 is 10.7. The number of halogens is 2. The Morgan fingerprint density at radius 2 is 1.86 bits per heavy atom. The summed E-state index contributed by atoms with van der Waals surface area (Å²) in [5.41, 5.74) is 1.53. The third kappa shape index (κ3) is 3.42. The number of fused-ring (bicyclic) bond motifs is 1. The van der Waals surface area contributed by atoms with Crippen LogP contribution in [0.4, 0.5) is 0 Å². The molecule has 5 aromatic rings. The normalized spacial score (nSPS) is 12.1. The Kier molecular flexibility index (Phi) is 4.58. The molecule has 8 heteroatoms. The zero-order valence-electron chi connectivity index (χ0n) is 14.7. The fourth-order valence-electron chi connectivity index (χ4n) is 2.92. The number of nitrogens with zero attached hydrogens (tertiary/aromatic N) is 3. The molecular weight excluding hydrogens is 474 g/mol. The van der Waals surface area contributed by atoms with Crippen LogP contribution in [-0.2, 0) is 0 Å². The van der Waals surface area contributed by atoms with Gasteiger partial charge in [-0.3, -0.25) is 4.79 Å². The molecule has 0 fully saturated rings. The van der Waals surface area contributed by atoms with Gasteiger partial charge in [-0.05, 0) is 48.5 Å². The average molecular weight is 485 g/mol. The molecule has 0 aliphatic rings. The maximum Gasteiger partial charge on any atom is 0.291 e. The van der Waals surface area contributed by atoms with Gasteiger partial charge in [-0.2, -0.15) is 9.50 Å². The minimum atomic E-state index is -0.222. The number of rotatable bonds is 3. The Morgan fingerprint density at radius 3 is 2.62 bits per heavy atom. The van der Waals surface area contributed by atoms with Crippen molar-refractivity contribution in [2.75, 3.05) is 0 Å². The van der Waals surface area contributed by atoms with Gasteiger partial charge in [0.25, 0.3) is 5.56 Å². The fraction of sp³-hybridized carbons (Fsp3) is 0. The van der Waals surface area contributed by atoms with Crippen LogP contribution in [0, 0.1) is 0 Å². The van der Waals surface area contributed by atoms with Gasteiger partial charge in [0, 0.05) is 26.7 Å². The van der Waals surface area contributed by atoms with Gasteiger partial charge in [0.1, 0.15) is 16.1 Å². The zero-order chi connectivity index (χ0) is 20.0. The van der Waals surface area contributed by atoms with Crippen molar-refractivity contribution in [2.24, 2.45) is 0 Å². The van der Waals surface area contributed by atoms with Crippen LogP contribution in [0.1, 0.15) is 5.76 Å². The summed E-state index contributed by atoms with van der Waals surface area (Å²) in [4.78, 5) is 17.8. The smallest absolute Gasteiger partial charge is 0.291 e. The second-order valence-electron chi connectivity index (χ2n) is 6.23. The molecule has 3 heterocycles. The Balaban J connectivity index is 1.53. The number of benzene rings is 2. The van der Waals surface area contributed by atoms with E-state index in [9.17, 15) is 4.79 Å². The number of furan rings is 1. The van der Waals surface area contributed by atoms with Crippen molar-refractivity contribution in [3.63, 3.8) is 0 Å². The molecule has 0 unspecified atom stereocenters. The van der Waals surface area contributed by atoms with Gasteiger partial charge in [-0.25, -0.2) is 0 Å². The minimum absolute atomic E-state index is 0.222. The maximum atomic E-state index is 12.7. The molecular formula is C21H11BrClN3O2S. The Bertz CT molecular complexity index is 1450. The van der Waals surface area contributed by atoms with Crippen LogP contribution in [0.25, 0.3) is 33.7 Å². The van der Waals surface area contributed by atoms with Gasteiger partial charge in [0.05, 0.1) is 0 Å². The Labute approximate surface area is 182 Å². The van der Waals surface area contributed by atoms with Crippen LogP contribution in [0.15, 0.2) is 74.3 Å². The van der Waals surface area contributed by atoms with E-state index in [1.807, 2.05) is 48.5 Å². The lowest BCUT2D eigenvalue weighted by molar-refractivity contribution is 0.571. The van der Waals surface area contributed by atoms with Crippen LogP contribution in [-0.4, -0.2) is 14.6 Å². The van der Waals surface area contributed by atoms with E-state index in [1.54, 1.807) is 18.2 Å². The van der Waals surface area contributed by atoms with Gasteiger partial charge in [0.2, 0.25) is 4.96 Å². The Hall–Kier alpha value is -2.74. The molecule has 2 aromatic carbocycles. The van der Waals surface area contributed by atoms with Gasteiger partial charge < -0.3 is 4.42 Å². The van der Waals surface area contributed by atoms with Crippen LogP contribution < -0.4 is 10.1 Å². The number of aromatic nitrogens is 3. The predicted molar refractivity (Wildman–Crippen MR) is 118 cm³/mol. The zero-order valence-corrected chi connectivity index (χ0v) is 17.8. The standard InChI is InChI=1S/C21H11BrClN3O2S/c22-16-4-2-1-3-15(16)19-24-21-26(25-19)20(27)18(29-21)11-14-9-10-17(28-14)12-5-7-13(23)8-6-12/h1-11H. The van der Waals surface area contributed by atoms with E-state index < -0.39 is 0 Å². The summed E-state index contributed by atoms with van der Waals surface area (Å²) in [6.45, 7) is 0. The van der Waals surface area contributed by atoms with Crippen molar-refractivity contribution in [3.05, 3.63) is 90.8 Å². The first kappa shape index (κ1) is 18.3. The molecule has 0 aliphatic heterocycles. The van der Waals surface area contributed by atoms with Crippen LogP contribution in [0.2, 0.25) is 5.02 Å². The highest BCUT2D eigenvalue weighted by Gasteiger charge is 2.14. The van der Waals surface area contributed by atoms with Crippen molar-refractivity contribution in [3.8, 4) is 22.7 Å². The predicted octanol–water partition coefficient (Wildman–Crippen LogP) is 5.04. The van der Waals surface area contributed by atoms with E-state index >= 15 is 0 Å². The lowest BCUT2D eigenvalue weighted by atomic mass is 10.2. The van der Waals surface area contributed by atoms with Crippen molar-refractivity contribution < 1.29 is 4.42 Å². The highest BCUT2D eigenvalue weighted by molar-refractivity contribution is 9.10. The summed E-state index contributed by atoms with van der Waals surface area (Å²) in [7, 11) is 0. The van der Waals surface area contributed by atoms with Crippen molar-refractivity contribution in [2.45, 2.75) is 0 Å². The molecule has 0 aliphatic carbocycles. The largest absolute Gasteiger partial charge is 0.457 e. The number of hydrogen-bond donors (Lipinski definition) is 0. The number of hydrogen-bond acceptors (Lipinski definition) is 5. The molecule has 5 nitrogen and oxygen atoms in total. The van der Waals surface area contributed by atoms with Gasteiger partial charge >= 0.3 is 0 Å². The van der Waals surface area contributed by atoms with Crippen molar-refractivity contribution in [1.82, 2.24) is 14.6 Å². The van der Waals surface area contributed by atoms with E-state index in [-0.39, 0.29) is 5.56 Å². The molecule has 142 valence electrons. The topological polar surface area (TPSA) is 60.4 Å². The third-order valence-corrected chi connectivity index (χ3v) is 6.23. The van der Waals surface area contributed by atoms with Gasteiger partial charge in [-0.15, -0.1) is 5.10 Å². The molecule has 3 aromatic heterocycles. The molecule has 0 atom stereocenters. The molecule has 0 bridgehead atoms. The molecule has 0 saturated heterocycles. The number of thiazole rings is 1. The molecule has 0 radical (unpaired) electrons. The first-order valence-corrected chi connectivity index (χ1v) is 10.6. The fourth-order valence-corrected chi connectivity index (χ4v) is 4.40. The van der Waals surface area contributed by atoms with E-state index in [1.165, 1.54) is 15.9 Å². The highest BCUT2D eigenvalue weighted by Crippen LogP contribution is 2.26. The van der Waals surface area contributed by atoms with Crippen LogP contribution in [0.5, 0.6) is 0 Å². The van der Waals surface area contributed by atoms with Crippen molar-refractivity contribution >= 4 is 49.9 Å². The van der Waals surface area contributed by atoms with E-state index in [2.05, 4.69) is 26.0 Å². The summed E-state index contributed by atoms with van der Waals surface area (Å²) in [6.07, 6.45) is 1.71. The summed E-state index contributed by atoms with van der Waals surface area (Å²) in [6, 6.07) is 18.7. The molecule has 0 spiro atoms. The van der Waals surface area contributed by atoms with Gasteiger partial charge in [0.15, 0.2) is 5.82 Å². The van der Waals surface area contributed by atoms with Crippen molar-refractivity contribution in [1.29, 1.82) is 0 Å². The summed E-state index contributed by atoms with van der Waals surface area (Å²) < 4.78 is 8.58. The monoisotopic (exact) mass is 483 g/mol. The molecule has 0 saturated carbocycles. The molecule has 29 heavy (non-hydrogen) atoms. The van der Waals surface area contributed by atoms with E-state index in [4.69, 9.17) is 16.0 Å². The molecule has 0 N–H and O–H groups in total. The molecule has 0 amide bonds. The first-order valence-electron chi connectivity index (χ1n) is 8.60. The van der Waals surface area contributed by atoms with E-state index in [0.717, 1.165) is 15.6 Å². The third-order valence-electron chi connectivity index (χ3n) is 4.33. The minimum Gasteiger partial charge on any atom is -0.457 e. The maximum absolute atomic E-state index is 12.7. The average Bonchev–Trinajstić information content (AvgIpc) is 3.41. The van der Waals surface area contributed by atoms with Crippen LogP contribution in [0.3, 0.4) is 0 Å². The quantitative estimate of drug-likeness (QED) is 0.360. The van der Waals surface area contributed by atoms with E-state index in [0.29, 0.717) is 31.9 Å². The molecule has 5 rings (SSSR count). The Morgan fingerprint density at radius 1 is 1.07 bits per heavy atom. The SMILES string of the molecule is O=c1c(=Cc2ccc(-c3ccc(Cl)cc3)o2)sc2nc(-c3ccccc3Br)nn12. The van der Waals surface area contributed by atoms with Gasteiger partial charge in [-0.1, -0.05) is 51.0 Å². The summed E-state index contributed by atoms with van der Waals surface area (Å²) in [5, 5.41) is 5.04. The second-order valence-corrected chi connectivity index (χ2v) is 8.53. The second kappa shape index (κ2) is 7.26. The van der Waals surface area contributed by atoms with Crippen LogP contribution >= 0.6 is 38.9 Å². The highest BCUT2D eigenvalue weighted by atomic mass is 79.9. The lowest BCUT2D eigenvalue weighted by Crippen LogP contribution is -2.23. The summed E-state index contributed by atoms with van der Waals surface area (Å²) in [5.74, 6) is 1.80. The lowest BCUT2D eigenvalue weighted by Gasteiger charge is -1.97.